The van der Waals surface area contributed by atoms with Gasteiger partial charge in [-0.05, 0) is 23.8 Å². The number of rotatable bonds is 1. The molecule has 0 unspecified atom stereocenters. The van der Waals surface area contributed by atoms with Gasteiger partial charge in [0, 0.05) is 11.8 Å². The van der Waals surface area contributed by atoms with E-state index in [2.05, 4.69) is 4.98 Å². The molecule has 15 heavy (non-hydrogen) atoms. The normalized spacial score (nSPS) is 10.2. The number of halogens is 1. The van der Waals surface area contributed by atoms with Crippen LogP contribution in [0.1, 0.15) is 0 Å². The van der Waals surface area contributed by atoms with Gasteiger partial charge >= 0.3 is 0 Å². The number of nitrogens with zero attached hydrogens (tertiary/aromatic N) is 1. The molecule has 0 atom stereocenters. The SMILES string of the molecule is Nc1cc(-c2cccc(O)c2)cnc1Cl. The molecular weight excluding hydrogens is 212 g/mol. The Kier molecular flexibility index (Phi) is 2.47. The fourth-order valence-electron chi connectivity index (χ4n) is 1.31. The number of phenolic OH excluding ortho intramolecular Hbond substituents is 1. The summed E-state index contributed by atoms with van der Waals surface area (Å²) in [6, 6.07) is 8.60. The highest BCUT2D eigenvalue weighted by Gasteiger charge is 2.02. The monoisotopic (exact) mass is 220 g/mol. The standard InChI is InChI=1S/C11H9ClN2O/c12-11-10(13)5-8(6-14-11)7-2-1-3-9(15)4-7/h1-6,15H,13H2. The van der Waals surface area contributed by atoms with Gasteiger partial charge in [-0.15, -0.1) is 0 Å². The van der Waals surface area contributed by atoms with Crippen molar-refractivity contribution >= 4 is 17.3 Å². The second-order valence-corrected chi connectivity index (χ2v) is 3.51. The first kappa shape index (κ1) is 9.80. The summed E-state index contributed by atoms with van der Waals surface area (Å²) in [6.45, 7) is 0. The second-order valence-electron chi connectivity index (χ2n) is 3.15. The fourth-order valence-corrected chi connectivity index (χ4v) is 1.41. The van der Waals surface area contributed by atoms with Crippen LogP contribution < -0.4 is 5.73 Å². The number of pyridine rings is 1. The van der Waals surface area contributed by atoms with E-state index >= 15 is 0 Å². The number of nitrogens with two attached hydrogens (primary N) is 1. The van der Waals surface area contributed by atoms with Crippen molar-refractivity contribution in [3.63, 3.8) is 0 Å². The van der Waals surface area contributed by atoms with Gasteiger partial charge in [-0.3, -0.25) is 0 Å². The van der Waals surface area contributed by atoms with E-state index in [0.29, 0.717) is 10.8 Å². The summed E-state index contributed by atoms with van der Waals surface area (Å²) in [7, 11) is 0. The summed E-state index contributed by atoms with van der Waals surface area (Å²) in [5, 5.41) is 9.61. The number of aromatic nitrogens is 1. The number of phenols is 1. The third-order valence-electron chi connectivity index (χ3n) is 2.05. The van der Waals surface area contributed by atoms with Crippen molar-refractivity contribution in [1.29, 1.82) is 0 Å². The van der Waals surface area contributed by atoms with Crippen LogP contribution in [0.4, 0.5) is 5.69 Å². The Morgan fingerprint density at radius 3 is 2.67 bits per heavy atom. The average molecular weight is 221 g/mol. The molecule has 0 aliphatic rings. The van der Waals surface area contributed by atoms with Gasteiger partial charge in [0.2, 0.25) is 0 Å². The van der Waals surface area contributed by atoms with Crippen molar-refractivity contribution in [2.24, 2.45) is 0 Å². The van der Waals surface area contributed by atoms with Crippen molar-refractivity contribution < 1.29 is 5.11 Å². The van der Waals surface area contributed by atoms with Crippen LogP contribution in [0.3, 0.4) is 0 Å². The third kappa shape index (κ3) is 2.02. The van der Waals surface area contributed by atoms with Crippen LogP contribution in [0.5, 0.6) is 5.75 Å². The lowest BCUT2D eigenvalue weighted by molar-refractivity contribution is 0.475. The van der Waals surface area contributed by atoms with E-state index in [-0.39, 0.29) is 5.75 Å². The highest BCUT2D eigenvalue weighted by atomic mass is 35.5. The van der Waals surface area contributed by atoms with Crippen molar-refractivity contribution in [1.82, 2.24) is 4.98 Å². The quantitative estimate of drug-likeness (QED) is 0.727. The predicted molar refractivity (Wildman–Crippen MR) is 60.8 cm³/mol. The zero-order valence-electron chi connectivity index (χ0n) is 7.81. The summed E-state index contributed by atoms with van der Waals surface area (Å²) in [5.41, 5.74) is 7.75. The van der Waals surface area contributed by atoms with Gasteiger partial charge in [0.1, 0.15) is 5.75 Å². The Hall–Kier alpha value is -1.74. The Balaban J connectivity index is 2.50. The van der Waals surface area contributed by atoms with Gasteiger partial charge in [-0.2, -0.15) is 0 Å². The Morgan fingerprint density at radius 2 is 2.00 bits per heavy atom. The lowest BCUT2D eigenvalue weighted by Crippen LogP contribution is -1.90. The first-order chi connectivity index (χ1) is 7.16. The van der Waals surface area contributed by atoms with Crippen molar-refractivity contribution in [3.8, 4) is 16.9 Å². The fraction of sp³-hybridized carbons (Fsp3) is 0. The lowest BCUT2D eigenvalue weighted by Gasteiger charge is -2.03. The van der Waals surface area contributed by atoms with E-state index < -0.39 is 0 Å². The molecule has 0 spiro atoms. The van der Waals surface area contributed by atoms with Crippen LogP contribution in [0.2, 0.25) is 5.15 Å². The molecule has 0 bridgehead atoms. The minimum Gasteiger partial charge on any atom is -0.508 e. The molecule has 4 heteroatoms. The highest BCUT2D eigenvalue weighted by molar-refractivity contribution is 6.31. The number of nitrogen functional groups attached to an aromatic ring is 1. The number of hydrogen-bond acceptors (Lipinski definition) is 3. The zero-order valence-corrected chi connectivity index (χ0v) is 8.57. The van der Waals surface area contributed by atoms with E-state index in [1.807, 2.05) is 6.07 Å². The molecule has 3 nitrogen and oxygen atoms in total. The van der Waals surface area contributed by atoms with Crippen LogP contribution >= 0.6 is 11.6 Å². The Morgan fingerprint density at radius 1 is 1.20 bits per heavy atom. The predicted octanol–water partition coefficient (Wildman–Crippen LogP) is 2.69. The minimum absolute atomic E-state index is 0.209. The molecule has 76 valence electrons. The van der Waals surface area contributed by atoms with E-state index in [1.165, 1.54) is 0 Å². The second kappa shape index (κ2) is 3.79. The molecule has 0 saturated carbocycles. The van der Waals surface area contributed by atoms with Crippen LogP contribution in [-0.2, 0) is 0 Å². The van der Waals surface area contributed by atoms with Gasteiger partial charge in [-0.1, -0.05) is 23.7 Å². The minimum atomic E-state index is 0.209. The summed E-state index contributed by atoms with van der Waals surface area (Å²) >= 11 is 5.71. The van der Waals surface area contributed by atoms with Crippen molar-refractivity contribution in [3.05, 3.63) is 41.7 Å². The summed E-state index contributed by atoms with van der Waals surface area (Å²) in [6.07, 6.45) is 1.62. The largest absolute Gasteiger partial charge is 0.508 e. The van der Waals surface area contributed by atoms with Crippen LogP contribution in [0.15, 0.2) is 36.5 Å². The molecule has 1 aromatic carbocycles. The molecular formula is C11H9ClN2O. The Labute approximate surface area is 92.1 Å². The summed E-state index contributed by atoms with van der Waals surface area (Å²) < 4.78 is 0. The van der Waals surface area contributed by atoms with Gasteiger partial charge < -0.3 is 10.8 Å². The van der Waals surface area contributed by atoms with Crippen LogP contribution in [0.25, 0.3) is 11.1 Å². The zero-order chi connectivity index (χ0) is 10.8. The smallest absolute Gasteiger partial charge is 0.151 e. The number of hydrogen-bond donors (Lipinski definition) is 2. The molecule has 2 rings (SSSR count). The lowest BCUT2D eigenvalue weighted by atomic mass is 10.1. The van der Waals surface area contributed by atoms with E-state index in [4.69, 9.17) is 17.3 Å². The van der Waals surface area contributed by atoms with E-state index in [0.717, 1.165) is 11.1 Å². The van der Waals surface area contributed by atoms with Gasteiger partial charge in [0.25, 0.3) is 0 Å². The van der Waals surface area contributed by atoms with Crippen molar-refractivity contribution in [2.45, 2.75) is 0 Å². The molecule has 0 saturated heterocycles. The number of aromatic hydroxyl groups is 1. The highest BCUT2D eigenvalue weighted by Crippen LogP contribution is 2.26. The molecule has 0 radical (unpaired) electrons. The van der Waals surface area contributed by atoms with Crippen LogP contribution in [-0.4, -0.2) is 10.1 Å². The molecule has 1 heterocycles. The molecule has 0 amide bonds. The van der Waals surface area contributed by atoms with Crippen molar-refractivity contribution in [2.75, 3.05) is 5.73 Å². The maximum absolute atomic E-state index is 9.32. The number of anilines is 1. The summed E-state index contributed by atoms with van der Waals surface area (Å²) in [4.78, 5) is 3.94. The third-order valence-corrected chi connectivity index (χ3v) is 2.36. The van der Waals surface area contributed by atoms with Gasteiger partial charge in [0.15, 0.2) is 5.15 Å². The maximum atomic E-state index is 9.32. The van der Waals surface area contributed by atoms with Gasteiger partial charge in [0.05, 0.1) is 5.69 Å². The first-order valence-corrected chi connectivity index (χ1v) is 4.75. The van der Waals surface area contributed by atoms with Gasteiger partial charge in [-0.25, -0.2) is 4.98 Å². The average Bonchev–Trinajstić information content (AvgIpc) is 2.22. The molecule has 3 N–H and O–H groups in total. The molecule has 1 aromatic heterocycles. The Bertz CT molecular complexity index is 500. The molecule has 0 aliphatic carbocycles. The maximum Gasteiger partial charge on any atom is 0.151 e. The van der Waals surface area contributed by atoms with Crippen LogP contribution in [0, 0.1) is 0 Å². The first-order valence-electron chi connectivity index (χ1n) is 4.37. The van der Waals surface area contributed by atoms with E-state index in [9.17, 15) is 5.11 Å². The topological polar surface area (TPSA) is 59.1 Å². The van der Waals surface area contributed by atoms with E-state index in [1.54, 1.807) is 30.5 Å². The summed E-state index contributed by atoms with van der Waals surface area (Å²) in [5.74, 6) is 0.209. The molecule has 0 fully saturated rings. The molecule has 0 aliphatic heterocycles. The number of benzene rings is 1. The molecule has 2 aromatic rings.